The van der Waals surface area contributed by atoms with Gasteiger partial charge in [-0.15, -0.1) is 0 Å². The summed E-state index contributed by atoms with van der Waals surface area (Å²) in [4.78, 5) is 10.7. The number of aromatic nitrogens is 2. The van der Waals surface area contributed by atoms with Gasteiger partial charge in [-0.2, -0.15) is 0 Å². The fraction of sp³-hybridized carbons (Fsp3) is 0.636. The highest BCUT2D eigenvalue weighted by Crippen LogP contribution is 2.10. The van der Waals surface area contributed by atoms with Crippen LogP contribution in [-0.2, 0) is 0 Å². The summed E-state index contributed by atoms with van der Waals surface area (Å²) in [6.07, 6.45) is 3.45. The monoisotopic (exact) mass is 208 g/mol. The average molecular weight is 208 g/mol. The van der Waals surface area contributed by atoms with E-state index in [2.05, 4.69) is 34.0 Å². The molecule has 1 heterocycles. The van der Waals surface area contributed by atoms with Crippen LogP contribution in [0.1, 0.15) is 19.5 Å². The summed E-state index contributed by atoms with van der Waals surface area (Å²) >= 11 is 0. The summed E-state index contributed by atoms with van der Waals surface area (Å²) in [6.45, 7) is 8.18. The van der Waals surface area contributed by atoms with E-state index < -0.39 is 0 Å². The van der Waals surface area contributed by atoms with Crippen molar-refractivity contribution in [2.45, 2.75) is 26.8 Å². The minimum atomic E-state index is 0.529. The van der Waals surface area contributed by atoms with E-state index in [4.69, 9.17) is 0 Å². The second-order valence-corrected chi connectivity index (χ2v) is 4.00. The maximum absolute atomic E-state index is 4.31. The third-order valence-corrected chi connectivity index (χ3v) is 2.22. The third kappa shape index (κ3) is 3.83. The van der Waals surface area contributed by atoms with Crippen LogP contribution in [0.15, 0.2) is 12.4 Å². The van der Waals surface area contributed by atoms with Gasteiger partial charge in [0.05, 0.1) is 5.69 Å². The number of rotatable bonds is 5. The summed E-state index contributed by atoms with van der Waals surface area (Å²) in [5, 5.41) is 3.38. The minimum absolute atomic E-state index is 0.529. The molecule has 0 amide bonds. The second kappa shape index (κ2) is 5.66. The van der Waals surface area contributed by atoms with Gasteiger partial charge in [0.25, 0.3) is 0 Å². The van der Waals surface area contributed by atoms with Crippen LogP contribution < -0.4 is 10.2 Å². The topological polar surface area (TPSA) is 41.1 Å². The van der Waals surface area contributed by atoms with Crippen molar-refractivity contribution in [2.75, 3.05) is 25.0 Å². The summed E-state index contributed by atoms with van der Waals surface area (Å²) in [5.74, 6) is 0.961. The van der Waals surface area contributed by atoms with E-state index >= 15 is 0 Å². The molecule has 84 valence electrons. The molecule has 0 atom stereocenters. The highest BCUT2D eigenvalue weighted by atomic mass is 15.2. The molecule has 0 spiro atoms. The van der Waals surface area contributed by atoms with Gasteiger partial charge in [0.15, 0.2) is 0 Å². The maximum atomic E-state index is 4.31. The van der Waals surface area contributed by atoms with Gasteiger partial charge in [0.2, 0.25) is 0 Å². The highest BCUT2D eigenvalue weighted by molar-refractivity contribution is 5.40. The molecule has 1 aromatic rings. The van der Waals surface area contributed by atoms with Crippen molar-refractivity contribution in [1.29, 1.82) is 0 Å². The number of anilines is 1. The molecule has 0 bridgehead atoms. The summed E-state index contributed by atoms with van der Waals surface area (Å²) in [7, 11) is 2.04. The number of hydrogen-bond acceptors (Lipinski definition) is 4. The van der Waals surface area contributed by atoms with Gasteiger partial charge < -0.3 is 10.2 Å². The lowest BCUT2D eigenvalue weighted by Gasteiger charge is -2.20. The number of nitrogens with zero attached hydrogens (tertiary/aromatic N) is 3. The molecule has 15 heavy (non-hydrogen) atoms. The molecule has 0 saturated heterocycles. The summed E-state index contributed by atoms with van der Waals surface area (Å²) < 4.78 is 0. The van der Waals surface area contributed by atoms with E-state index in [9.17, 15) is 0 Å². The Balaban J connectivity index is 2.47. The molecule has 0 aliphatic rings. The number of aryl methyl sites for hydroxylation is 1. The smallest absolute Gasteiger partial charge is 0.149 e. The Morgan fingerprint density at radius 2 is 2.00 bits per heavy atom. The lowest BCUT2D eigenvalue weighted by Crippen LogP contribution is -2.33. The fourth-order valence-corrected chi connectivity index (χ4v) is 1.40. The zero-order valence-electron chi connectivity index (χ0n) is 9.99. The van der Waals surface area contributed by atoms with Crippen LogP contribution in [0.4, 0.5) is 5.82 Å². The van der Waals surface area contributed by atoms with Crippen LogP contribution in [0.25, 0.3) is 0 Å². The normalized spacial score (nSPS) is 10.7. The average Bonchev–Trinajstić information content (AvgIpc) is 2.17. The van der Waals surface area contributed by atoms with Crippen molar-refractivity contribution in [2.24, 2.45) is 0 Å². The Morgan fingerprint density at radius 1 is 1.33 bits per heavy atom. The van der Waals surface area contributed by atoms with Crippen molar-refractivity contribution >= 4 is 5.82 Å². The van der Waals surface area contributed by atoms with Crippen LogP contribution in [-0.4, -0.2) is 36.1 Å². The Hall–Kier alpha value is -1.16. The number of nitrogens with one attached hydrogen (secondary N) is 1. The SMILES string of the molecule is Cc1nccnc1N(C)CCNC(C)C. The molecule has 0 aliphatic carbocycles. The molecule has 1 N–H and O–H groups in total. The van der Waals surface area contributed by atoms with E-state index in [0.717, 1.165) is 24.6 Å². The molecule has 4 heteroatoms. The first kappa shape index (κ1) is 11.9. The Kier molecular flexibility index (Phi) is 4.49. The second-order valence-electron chi connectivity index (χ2n) is 4.00. The molecule has 0 saturated carbocycles. The van der Waals surface area contributed by atoms with Gasteiger partial charge in [0.1, 0.15) is 5.82 Å². The number of likely N-dealkylation sites (N-methyl/N-ethyl adjacent to an activating group) is 1. The van der Waals surface area contributed by atoms with Crippen molar-refractivity contribution in [3.63, 3.8) is 0 Å². The van der Waals surface area contributed by atoms with Gasteiger partial charge >= 0.3 is 0 Å². The standard InChI is InChI=1S/C11H20N4/c1-9(2)12-7-8-15(4)11-10(3)13-5-6-14-11/h5-6,9,12H,7-8H2,1-4H3. The molecular weight excluding hydrogens is 188 g/mol. The maximum Gasteiger partial charge on any atom is 0.149 e. The molecule has 4 nitrogen and oxygen atoms in total. The van der Waals surface area contributed by atoms with Gasteiger partial charge in [-0.3, -0.25) is 4.98 Å². The van der Waals surface area contributed by atoms with Gasteiger partial charge in [0, 0.05) is 38.6 Å². The van der Waals surface area contributed by atoms with Crippen molar-refractivity contribution in [3.8, 4) is 0 Å². The molecule has 0 aromatic carbocycles. The third-order valence-electron chi connectivity index (χ3n) is 2.22. The van der Waals surface area contributed by atoms with Gasteiger partial charge in [-0.1, -0.05) is 13.8 Å². The first-order chi connectivity index (χ1) is 7.11. The zero-order valence-corrected chi connectivity index (χ0v) is 9.99. The molecular formula is C11H20N4. The predicted molar refractivity (Wildman–Crippen MR) is 63.2 cm³/mol. The molecule has 1 aromatic heterocycles. The molecule has 1 rings (SSSR count). The Labute approximate surface area is 91.7 Å². The van der Waals surface area contributed by atoms with E-state index in [-0.39, 0.29) is 0 Å². The van der Waals surface area contributed by atoms with Crippen LogP contribution in [0, 0.1) is 6.92 Å². The van der Waals surface area contributed by atoms with E-state index in [1.807, 2.05) is 14.0 Å². The molecule has 0 fully saturated rings. The first-order valence-electron chi connectivity index (χ1n) is 5.33. The highest BCUT2D eigenvalue weighted by Gasteiger charge is 2.05. The van der Waals surface area contributed by atoms with Crippen molar-refractivity contribution < 1.29 is 0 Å². The van der Waals surface area contributed by atoms with Crippen LogP contribution in [0.5, 0.6) is 0 Å². The fourth-order valence-electron chi connectivity index (χ4n) is 1.40. The van der Waals surface area contributed by atoms with Gasteiger partial charge in [-0.25, -0.2) is 4.98 Å². The van der Waals surface area contributed by atoms with E-state index in [1.165, 1.54) is 0 Å². The van der Waals surface area contributed by atoms with Crippen molar-refractivity contribution in [3.05, 3.63) is 18.1 Å². The quantitative estimate of drug-likeness (QED) is 0.790. The molecule has 0 unspecified atom stereocenters. The largest absolute Gasteiger partial charge is 0.357 e. The van der Waals surface area contributed by atoms with Crippen LogP contribution in [0.3, 0.4) is 0 Å². The van der Waals surface area contributed by atoms with Crippen LogP contribution in [0.2, 0.25) is 0 Å². The Morgan fingerprint density at radius 3 is 2.60 bits per heavy atom. The lowest BCUT2D eigenvalue weighted by atomic mass is 10.3. The summed E-state index contributed by atoms with van der Waals surface area (Å²) in [5.41, 5.74) is 0.976. The zero-order chi connectivity index (χ0) is 11.3. The molecule has 0 radical (unpaired) electrons. The number of hydrogen-bond donors (Lipinski definition) is 1. The van der Waals surface area contributed by atoms with E-state index in [1.54, 1.807) is 12.4 Å². The Bertz CT molecular complexity index is 298. The molecule has 0 aliphatic heterocycles. The van der Waals surface area contributed by atoms with Crippen LogP contribution >= 0.6 is 0 Å². The summed E-state index contributed by atoms with van der Waals surface area (Å²) in [6, 6.07) is 0.529. The van der Waals surface area contributed by atoms with Gasteiger partial charge in [-0.05, 0) is 6.92 Å². The van der Waals surface area contributed by atoms with E-state index in [0.29, 0.717) is 6.04 Å². The first-order valence-corrected chi connectivity index (χ1v) is 5.33. The lowest BCUT2D eigenvalue weighted by molar-refractivity contribution is 0.588. The minimum Gasteiger partial charge on any atom is -0.357 e. The van der Waals surface area contributed by atoms with Crippen molar-refractivity contribution in [1.82, 2.24) is 15.3 Å². The predicted octanol–water partition coefficient (Wildman–Crippen LogP) is 1.22.